The molecule has 1 aliphatic heterocycles. The van der Waals surface area contributed by atoms with E-state index >= 15 is 0 Å². The van der Waals surface area contributed by atoms with Gasteiger partial charge in [-0.1, -0.05) is 30.6 Å². The summed E-state index contributed by atoms with van der Waals surface area (Å²) in [5, 5.41) is 8.28. The number of hydrogen-bond acceptors (Lipinski definition) is 6. The van der Waals surface area contributed by atoms with Crippen molar-refractivity contribution in [3.63, 3.8) is 0 Å². The smallest absolute Gasteiger partial charge is 0.261 e. The summed E-state index contributed by atoms with van der Waals surface area (Å²) in [4.78, 5) is 24.2. The predicted molar refractivity (Wildman–Crippen MR) is 122 cm³/mol. The molecule has 3 heterocycles. The number of rotatable bonds is 6. The molecule has 0 aliphatic carbocycles. The van der Waals surface area contributed by atoms with Crippen LogP contribution in [0.4, 0.5) is 5.82 Å². The molecule has 3 aromatic rings. The number of nitrogens with zero attached hydrogens (tertiary/aromatic N) is 4. The number of hydrogen-bond donors (Lipinski definition) is 1. The first kappa shape index (κ1) is 21.3. The Morgan fingerprint density at radius 3 is 2.55 bits per heavy atom. The topological polar surface area (TPSA) is 84.2 Å². The second-order valence-corrected chi connectivity index (χ2v) is 8.49. The van der Waals surface area contributed by atoms with Crippen molar-refractivity contribution in [1.82, 2.24) is 20.4 Å². The minimum absolute atomic E-state index is 0.107. The molecule has 1 amide bonds. The number of aryl methyl sites for hydroxylation is 2. The number of amides is 1. The van der Waals surface area contributed by atoms with E-state index in [9.17, 15) is 4.79 Å². The fourth-order valence-corrected chi connectivity index (χ4v) is 4.30. The van der Waals surface area contributed by atoms with Crippen molar-refractivity contribution in [1.29, 1.82) is 0 Å². The van der Waals surface area contributed by atoms with E-state index in [4.69, 9.17) is 9.51 Å². The summed E-state index contributed by atoms with van der Waals surface area (Å²) in [6.45, 7) is 9.68. The second kappa shape index (κ2) is 9.04. The number of anilines is 1. The van der Waals surface area contributed by atoms with Gasteiger partial charge in [-0.25, -0.2) is 4.98 Å². The molecular formula is C24H31N5O2. The lowest BCUT2D eigenvalue weighted by Gasteiger charge is -2.34. The van der Waals surface area contributed by atoms with Crippen molar-refractivity contribution in [3.8, 4) is 11.5 Å². The average Bonchev–Trinajstić information content (AvgIpc) is 3.20. The van der Waals surface area contributed by atoms with Crippen LogP contribution in [0.5, 0.6) is 0 Å². The Morgan fingerprint density at radius 1 is 1.16 bits per heavy atom. The Labute approximate surface area is 183 Å². The van der Waals surface area contributed by atoms with Gasteiger partial charge in [0.25, 0.3) is 5.89 Å². The van der Waals surface area contributed by atoms with Crippen LogP contribution >= 0.6 is 0 Å². The molecule has 7 nitrogen and oxygen atoms in total. The normalized spacial score (nSPS) is 15.1. The predicted octanol–water partition coefficient (Wildman–Crippen LogP) is 4.42. The van der Waals surface area contributed by atoms with Crippen molar-refractivity contribution in [2.75, 3.05) is 18.0 Å². The summed E-state index contributed by atoms with van der Waals surface area (Å²) < 4.78 is 5.50. The van der Waals surface area contributed by atoms with Crippen molar-refractivity contribution < 1.29 is 9.32 Å². The molecular weight excluding hydrogens is 390 g/mol. The number of aromatic nitrogens is 3. The summed E-state index contributed by atoms with van der Waals surface area (Å²) >= 11 is 0. The summed E-state index contributed by atoms with van der Waals surface area (Å²) in [7, 11) is 0. The van der Waals surface area contributed by atoms with Crippen molar-refractivity contribution in [2.45, 2.75) is 59.4 Å². The molecule has 1 fully saturated rings. The van der Waals surface area contributed by atoms with E-state index < -0.39 is 0 Å². The molecule has 164 valence electrons. The van der Waals surface area contributed by atoms with E-state index in [-0.39, 0.29) is 17.9 Å². The maximum Gasteiger partial charge on any atom is 0.261 e. The van der Waals surface area contributed by atoms with Gasteiger partial charge < -0.3 is 14.7 Å². The highest BCUT2D eigenvalue weighted by atomic mass is 16.5. The molecule has 7 heteroatoms. The zero-order chi connectivity index (χ0) is 22.0. The Morgan fingerprint density at radius 2 is 1.90 bits per heavy atom. The summed E-state index contributed by atoms with van der Waals surface area (Å²) in [5.41, 5.74) is 2.99. The van der Waals surface area contributed by atoms with Gasteiger partial charge >= 0.3 is 0 Å². The molecule has 31 heavy (non-hydrogen) atoms. The van der Waals surface area contributed by atoms with E-state index in [2.05, 4.69) is 65.4 Å². The molecule has 4 rings (SSSR count). The first-order valence-corrected chi connectivity index (χ1v) is 11.3. The average molecular weight is 422 g/mol. The number of carbonyl (C=O) groups excluding carboxylic acids is 1. The number of carbonyl (C=O) groups is 1. The molecule has 2 aromatic heterocycles. The molecule has 0 unspecified atom stereocenters. The van der Waals surface area contributed by atoms with Crippen molar-refractivity contribution in [3.05, 3.63) is 35.7 Å². The van der Waals surface area contributed by atoms with E-state index in [1.165, 1.54) is 5.56 Å². The van der Waals surface area contributed by atoms with Crippen LogP contribution in [0.25, 0.3) is 22.4 Å². The fraction of sp³-hybridized carbons (Fsp3) is 0.500. The summed E-state index contributed by atoms with van der Waals surface area (Å²) in [6.07, 6.45) is 3.55. The molecule has 0 radical (unpaired) electrons. The molecule has 1 aromatic carbocycles. The zero-order valence-corrected chi connectivity index (χ0v) is 18.8. The van der Waals surface area contributed by atoms with Crippen LogP contribution in [0, 0.1) is 19.8 Å². The first-order chi connectivity index (χ1) is 15.0. The standard InChI is InChI=1S/C24H31N5O2/c1-5-17(6-2)23(30)26-19-9-11-29(12-10-19)22-20(24-25-16(4)28-31-24)14-18-13-15(3)7-8-21(18)27-22/h7-8,13-14,17,19H,5-6,9-12H2,1-4H3,(H,26,30). The molecule has 1 saturated heterocycles. The quantitative estimate of drug-likeness (QED) is 0.634. The van der Waals surface area contributed by atoms with Gasteiger partial charge in [-0.15, -0.1) is 0 Å². The van der Waals surface area contributed by atoms with Gasteiger partial charge in [0.05, 0.1) is 11.1 Å². The molecule has 0 bridgehead atoms. The zero-order valence-electron chi connectivity index (χ0n) is 18.8. The minimum Gasteiger partial charge on any atom is -0.356 e. The second-order valence-electron chi connectivity index (χ2n) is 8.49. The van der Waals surface area contributed by atoms with Crippen LogP contribution in [-0.4, -0.2) is 40.2 Å². The highest BCUT2D eigenvalue weighted by Crippen LogP contribution is 2.33. The van der Waals surface area contributed by atoms with Crippen molar-refractivity contribution in [2.24, 2.45) is 5.92 Å². The lowest BCUT2D eigenvalue weighted by molar-refractivity contribution is -0.126. The Balaban J connectivity index is 1.58. The molecule has 0 saturated carbocycles. The lowest BCUT2D eigenvalue weighted by Crippen LogP contribution is -2.46. The monoisotopic (exact) mass is 421 g/mol. The summed E-state index contributed by atoms with van der Waals surface area (Å²) in [6, 6.07) is 8.56. The maximum absolute atomic E-state index is 12.5. The number of pyridine rings is 1. The minimum atomic E-state index is 0.107. The third kappa shape index (κ3) is 4.55. The molecule has 0 spiro atoms. The van der Waals surface area contributed by atoms with Crippen LogP contribution in [0.15, 0.2) is 28.8 Å². The highest BCUT2D eigenvalue weighted by molar-refractivity contribution is 5.88. The van der Waals surface area contributed by atoms with Gasteiger partial charge in [0.15, 0.2) is 5.82 Å². The largest absolute Gasteiger partial charge is 0.356 e. The highest BCUT2D eigenvalue weighted by Gasteiger charge is 2.26. The molecule has 1 N–H and O–H groups in total. The van der Waals surface area contributed by atoms with Gasteiger partial charge in [-0.3, -0.25) is 4.79 Å². The third-order valence-corrected chi connectivity index (χ3v) is 6.21. The van der Waals surface area contributed by atoms with Crippen LogP contribution in [-0.2, 0) is 4.79 Å². The van der Waals surface area contributed by atoms with Crippen LogP contribution in [0.1, 0.15) is 50.9 Å². The van der Waals surface area contributed by atoms with E-state index in [1.807, 2.05) is 6.92 Å². The van der Waals surface area contributed by atoms with E-state index in [0.29, 0.717) is 11.7 Å². The lowest BCUT2D eigenvalue weighted by atomic mass is 9.99. The Bertz CT molecular complexity index is 1070. The fourth-order valence-electron chi connectivity index (χ4n) is 4.30. The van der Waals surface area contributed by atoms with Gasteiger partial charge in [0.2, 0.25) is 5.91 Å². The van der Waals surface area contributed by atoms with Gasteiger partial charge in [-0.2, -0.15) is 4.98 Å². The number of piperidine rings is 1. The Hall–Kier alpha value is -2.96. The van der Waals surface area contributed by atoms with Crippen LogP contribution < -0.4 is 10.2 Å². The van der Waals surface area contributed by atoms with E-state index in [0.717, 1.165) is 61.1 Å². The number of fused-ring (bicyclic) bond motifs is 1. The number of benzene rings is 1. The molecule has 0 atom stereocenters. The van der Waals surface area contributed by atoms with Gasteiger partial charge in [0, 0.05) is 30.4 Å². The first-order valence-electron chi connectivity index (χ1n) is 11.3. The van der Waals surface area contributed by atoms with Crippen LogP contribution in [0.3, 0.4) is 0 Å². The third-order valence-electron chi connectivity index (χ3n) is 6.21. The summed E-state index contributed by atoms with van der Waals surface area (Å²) in [5.74, 6) is 2.26. The SMILES string of the molecule is CCC(CC)C(=O)NC1CCN(c2nc3ccc(C)cc3cc2-c2nc(C)no2)CC1. The van der Waals surface area contributed by atoms with Crippen LogP contribution in [0.2, 0.25) is 0 Å². The van der Waals surface area contributed by atoms with Crippen molar-refractivity contribution >= 4 is 22.6 Å². The maximum atomic E-state index is 12.5. The molecule has 1 aliphatic rings. The van der Waals surface area contributed by atoms with E-state index in [1.54, 1.807) is 0 Å². The Kier molecular flexibility index (Phi) is 6.20. The van der Waals surface area contributed by atoms with Gasteiger partial charge in [-0.05, 0) is 57.7 Å². The number of nitrogens with one attached hydrogen (secondary N) is 1. The van der Waals surface area contributed by atoms with Gasteiger partial charge in [0.1, 0.15) is 5.82 Å².